The summed E-state index contributed by atoms with van der Waals surface area (Å²) in [6.45, 7) is 1.75. The zero-order chi connectivity index (χ0) is 12.4. The summed E-state index contributed by atoms with van der Waals surface area (Å²) >= 11 is 0. The average molecular weight is 232 g/mol. The smallest absolute Gasteiger partial charge is 0.360 e. The molecule has 0 radical (unpaired) electrons. The maximum absolute atomic E-state index is 11.4. The maximum Gasteiger partial charge on any atom is 0.360 e. The number of carbonyl (C=O) groups is 1. The van der Waals surface area contributed by atoms with Gasteiger partial charge in [-0.3, -0.25) is 4.57 Å². The summed E-state index contributed by atoms with van der Waals surface area (Å²) in [5.41, 5.74) is 5.98. The first-order chi connectivity index (χ1) is 8.15. The van der Waals surface area contributed by atoms with Crippen LogP contribution in [-0.4, -0.2) is 27.6 Å². The molecule has 2 N–H and O–H groups in total. The first-order valence-corrected chi connectivity index (χ1v) is 4.99. The van der Waals surface area contributed by atoms with Crippen molar-refractivity contribution in [2.24, 2.45) is 0 Å². The molecule has 0 amide bonds. The van der Waals surface area contributed by atoms with E-state index in [-0.39, 0.29) is 11.5 Å². The summed E-state index contributed by atoms with van der Waals surface area (Å²) in [5.74, 6) is 0.875. The van der Waals surface area contributed by atoms with Gasteiger partial charge in [-0.25, -0.2) is 14.8 Å². The standard InChI is InChI=1S/C11H12N4O2/c1-7-14-9(11(16)17-2)10(12)15(7)8-5-3-4-6-13-8/h3-6H,12H2,1-2H3. The number of rotatable bonds is 2. The second-order valence-corrected chi connectivity index (χ2v) is 3.41. The number of nitrogens with two attached hydrogens (primary N) is 1. The van der Waals surface area contributed by atoms with Crippen LogP contribution in [0.5, 0.6) is 0 Å². The van der Waals surface area contributed by atoms with Gasteiger partial charge in [0, 0.05) is 6.20 Å². The molecule has 0 saturated carbocycles. The largest absolute Gasteiger partial charge is 0.464 e. The highest BCUT2D eigenvalue weighted by Crippen LogP contribution is 2.19. The highest BCUT2D eigenvalue weighted by Gasteiger charge is 2.20. The molecule has 2 aromatic heterocycles. The molecule has 0 fully saturated rings. The monoisotopic (exact) mass is 232 g/mol. The number of nitrogen functional groups attached to an aromatic ring is 1. The second-order valence-electron chi connectivity index (χ2n) is 3.41. The molecule has 0 aromatic carbocycles. The van der Waals surface area contributed by atoms with Gasteiger partial charge in [-0.2, -0.15) is 0 Å². The average Bonchev–Trinajstić information content (AvgIpc) is 2.65. The number of ether oxygens (including phenoxy) is 1. The molecule has 0 aliphatic carbocycles. The van der Waals surface area contributed by atoms with Gasteiger partial charge in [-0.15, -0.1) is 0 Å². The molecule has 2 heterocycles. The van der Waals surface area contributed by atoms with Gasteiger partial charge in [0.25, 0.3) is 0 Å². The Bertz CT molecular complexity index is 548. The topological polar surface area (TPSA) is 83.0 Å². The van der Waals surface area contributed by atoms with E-state index in [0.717, 1.165) is 0 Å². The van der Waals surface area contributed by atoms with Crippen molar-refractivity contribution in [2.75, 3.05) is 12.8 Å². The lowest BCUT2D eigenvalue weighted by molar-refractivity contribution is 0.0596. The van der Waals surface area contributed by atoms with Gasteiger partial charge in [0.2, 0.25) is 0 Å². The lowest BCUT2D eigenvalue weighted by Gasteiger charge is -2.05. The molecule has 2 rings (SSSR count). The van der Waals surface area contributed by atoms with Gasteiger partial charge in [-0.05, 0) is 19.1 Å². The highest BCUT2D eigenvalue weighted by molar-refractivity contribution is 5.92. The van der Waals surface area contributed by atoms with Crippen molar-refractivity contribution in [3.63, 3.8) is 0 Å². The summed E-state index contributed by atoms with van der Waals surface area (Å²) in [6, 6.07) is 5.41. The van der Waals surface area contributed by atoms with Crippen LogP contribution in [0.25, 0.3) is 5.82 Å². The molecule has 6 nitrogen and oxygen atoms in total. The fourth-order valence-electron chi connectivity index (χ4n) is 1.57. The van der Waals surface area contributed by atoms with Crippen molar-refractivity contribution in [3.05, 3.63) is 35.9 Å². The molecule has 0 unspecified atom stereocenters. The molecular weight excluding hydrogens is 220 g/mol. The van der Waals surface area contributed by atoms with Crippen LogP contribution in [0, 0.1) is 6.92 Å². The van der Waals surface area contributed by atoms with Crippen LogP contribution in [-0.2, 0) is 4.74 Å². The molecule has 0 saturated heterocycles. The Morgan fingerprint density at radius 3 is 2.82 bits per heavy atom. The molecule has 0 aliphatic rings. The van der Waals surface area contributed by atoms with E-state index in [2.05, 4.69) is 14.7 Å². The van der Waals surface area contributed by atoms with E-state index < -0.39 is 5.97 Å². The van der Waals surface area contributed by atoms with E-state index in [9.17, 15) is 4.79 Å². The van der Waals surface area contributed by atoms with Crippen LogP contribution in [0.15, 0.2) is 24.4 Å². The number of aromatic nitrogens is 3. The molecule has 0 bridgehead atoms. The summed E-state index contributed by atoms with van der Waals surface area (Å²) in [5, 5.41) is 0. The fraction of sp³-hybridized carbons (Fsp3) is 0.182. The van der Waals surface area contributed by atoms with Gasteiger partial charge in [0.05, 0.1) is 7.11 Å². The minimum atomic E-state index is -0.555. The van der Waals surface area contributed by atoms with Crippen molar-refractivity contribution in [3.8, 4) is 5.82 Å². The molecular formula is C11H12N4O2. The summed E-state index contributed by atoms with van der Waals surface area (Å²) in [6.07, 6.45) is 1.64. The third-order valence-corrected chi connectivity index (χ3v) is 2.34. The van der Waals surface area contributed by atoms with E-state index in [1.165, 1.54) is 7.11 Å². The van der Waals surface area contributed by atoms with Crippen molar-refractivity contribution in [2.45, 2.75) is 6.92 Å². The number of hydrogen-bond donors (Lipinski definition) is 1. The number of hydrogen-bond acceptors (Lipinski definition) is 5. The Hall–Kier alpha value is -2.37. The third-order valence-electron chi connectivity index (χ3n) is 2.34. The van der Waals surface area contributed by atoms with E-state index in [1.54, 1.807) is 29.8 Å². The van der Waals surface area contributed by atoms with Gasteiger partial charge in [0.15, 0.2) is 5.69 Å². The number of anilines is 1. The number of imidazole rings is 1. The minimum Gasteiger partial charge on any atom is -0.464 e. The van der Waals surface area contributed by atoms with Crippen LogP contribution < -0.4 is 5.73 Å². The number of pyridine rings is 1. The van der Waals surface area contributed by atoms with Gasteiger partial charge >= 0.3 is 5.97 Å². The molecule has 0 atom stereocenters. The van der Waals surface area contributed by atoms with Crippen LogP contribution >= 0.6 is 0 Å². The first-order valence-electron chi connectivity index (χ1n) is 4.99. The molecule has 2 aromatic rings. The molecule has 17 heavy (non-hydrogen) atoms. The number of nitrogens with zero attached hydrogens (tertiary/aromatic N) is 3. The second kappa shape index (κ2) is 4.25. The molecule has 6 heteroatoms. The Labute approximate surface area is 98.1 Å². The summed E-state index contributed by atoms with van der Waals surface area (Å²) in [4.78, 5) is 19.7. The summed E-state index contributed by atoms with van der Waals surface area (Å²) < 4.78 is 6.21. The predicted molar refractivity (Wildman–Crippen MR) is 61.8 cm³/mol. The Kier molecular flexibility index (Phi) is 2.78. The highest BCUT2D eigenvalue weighted by atomic mass is 16.5. The van der Waals surface area contributed by atoms with Crippen LogP contribution in [0.3, 0.4) is 0 Å². The Balaban J connectivity index is 2.57. The number of methoxy groups -OCH3 is 1. The fourth-order valence-corrected chi connectivity index (χ4v) is 1.57. The van der Waals surface area contributed by atoms with E-state index in [0.29, 0.717) is 11.6 Å². The van der Waals surface area contributed by atoms with Crippen molar-refractivity contribution < 1.29 is 9.53 Å². The quantitative estimate of drug-likeness (QED) is 0.779. The summed E-state index contributed by atoms with van der Waals surface area (Å²) in [7, 11) is 1.29. The van der Waals surface area contributed by atoms with Crippen LogP contribution in [0.2, 0.25) is 0 Å². The lowest BCUT2D eigenvalue weighted by atomic mass is 10.4. The predicted octanol–water partition coefficient (Wildman–Crippen LogP) is 0.945. The van der Waals surface area contributed by atoms with Gasteiger partial charge in [0.1, 0.15) is 17.5 Å². The molecule has 88 valence electrons. The van der Waals surface area contributed by atoms with E-state index in [1.807, 2.05) is 6.07 Å². The zero-order valence-electron chi connectivity index (χ0n) is 9.54. The van der Waals surface area contributed by atoms with E-state index in [4.69, 9.17) is 5.73 Å². The van der Waals surface area contributed by atoms with Gasteiger partial charge < -0.3 is 10.5 Å². The Morgan fingerprint density at radius 2 is 2.24 bits per heavy atom. The maximum atomic E-state index is 11.4. The number of aryl methyl sites for hydroxylation is 1. The normalized spacial score (nSPS) is 10.2. The zero-order valence-corrected chi connectivity index (χ0v) is 9.54. The number of carbonyl (C=O) groups excluding carboxylic acids is 1. The SMILES string of the molecule is COC(=O)c1nc(C)n(-c2ccccn2)c1N. The molecule has 0 spiro atoms. The third kappa shape index (κ3) is 1.84. The Morgan fingerprint density at radius 1 is 1.47 bits per heavy atom. The van der Waals surface area contributed by atoms with Crippen LogP contribution in [0.4, 0.5) is 5.82 Å². The van der Waals surface area contributed by atoms with E-state index >= 15 is 0 Å². The molecule has 0 aliphatic heterocycles. The number of esters is 1. The minimum absolute atomic E-state index is 0.107. The van der Waals surface area contributed by atoms with Crippen molar-refractivity contribution in [1.82, 2.24) is 14.5 Å². The van der Waals surface area contributed by atoms with Gasteiger partial charge in [-0.1, -0.05) is 6.07 Å². The lowest BCUT2D eigenvalue weighted by Crippen LogP contribution is -2.08. The van der Waals surface area contributed by atoms with Crippen molar-refractivity contribution in [1.29, 1.82) is 0 Å². The first kappa shape index (κ1) is 11.1. The van der Waals surface area contributed by atoms with Crippen LogP contribution in [0.1, 0.15) is 16.3 Å². The van der Waals surface area contributed by atoms with Crippen molar-refractivity contribution >= 4 is 11.8 Å².